The second-order valence-corrected chi connectivity index (χ2v) is 11.6. The highest BCUT2D eigenvalue weighted by atomic mass is 16.5. The Morgan fingerprint density at radius 2 is 1.57 bits per heavy atom. The molecule has 44 heavy (non-hydrogen) atoms. The minimum absolute atomic E-state index is 0.171. The number of rotatable bonds is 8. The van der Waals surface area contributed by atoms with Gasteiger partial charge in [0.15, 0.2) is 5.65 Å². The van der Waals surface area contributed by atoms with E-state index < -0.39 is 11.2 Å². The summed E-state index contributed by atoms with van der Waals surface area (Å²) in [6.07, 6.45) is 3.68. The first-order valence-electron chi connectivity index (χ1n) is 15.6. The minimum Gasteiger partial charge on any atom is -0.495 e. The van der Waals surface area contributed by atoms with Crippen molar-refractivity contribution in [2.45, 2.75) is 39.2 Å². The zero-order chi connectivity index (χ0) is 30.6. The first kappa shape index (κ1) is 29.6. The Morgan fingerprint density at radius 1 is 0.864 bits per heavy atom. The van der Waals surface area contributed by atoms with Gasteiger partial charge in [-0.25, -0.2) is 14.3 Å². The first-order chi connectivity index (χ1) is 21.5. The molecule has 0 bridgehead atoms. The Morgan fingerprint density at radius 3 is 2.30 bits per heavy atom. The van der Waals surface area contributed by atoms with Gasteiger partial charge in [0.1, 0.15) is 5.75 Å². The molecular formula is C34H40N6O4. The van der Waals surface area contributed by atoms with Crippen molar-refractivity contribution in [3.8, 4) is 11.4 Å². The number of fused-ring (bicyclic) bond motifs is 1. The van der Waals surface area contributed by atoms with Crippen molar-refractivity contribution in [3.63, 3.8) is 0 Å². The molecule has 0 unspecified atom stereocenters. The van der Waals surface area contributed by atoms with E-state index in [1.165, 1.54) is 4.57 Å². The zero-order valence-corrected chi connectivity index (χ0v) is 25.6. The number of benzene rings is 2. The Bertz CT molecular complexity index is 1750. The number of carbonyl (C=O) groups excluding carboxylic acids is 1. The highest BCUT2D eigenvalue weighted by Crippen LogP contribution is 2.28. The number of piperidine rings is 1. The van der Waals surface area contributed by atoms with Crippen molar-refractivity contribution in [1.29, 1.82) is 0 Å². The summed E-state index contributed by atoms with van der Waals surface area (Å²) in [5.41, 5.74) is 1.85. The van der Waals surface area contributed by atoms with Gasteiger partial charge in [-0.15, -0.1) is 0 Å². The fraction of sp³-hybridized carbons (Fsp3) is 0.412. The molecule has 0 N–H and O–H groups in total. The third-order valence-corrected chi connectivity index (χ3v) is 8.77. The molecule has 4 heterocycles. The fourth-order valence-electron chi connectivity index (χ4n) is 6.47. The van der Waals surface area contributed by atoms with Gasteiger partial charge < -0.3 is 14.5 Å². The van der Waals surface area contributed by atoms with Gasteiger partial charge in [0.2, 0.25) is 0 Å². The van der Waals surface area contributed by atoms with Gasteiger partial charge in [0, 0.05) is 51.5 Å². The van der Waals surface area contributed by atoms with Crippen molar-refractivity contribution < 1.29 is 9.53 Å². The van der Waals surface area contributed by atoms with Crippen LogP contribution in [-0.2, 0) is 6.54 Å². The molecule has 2 fully saturated rings. The van der Waals surface area contributed by atoms with Crippen LogP contribution < -0.4 is 20.9 Å². The number of hydrogen-bond donors (Lipinski definition) is 0. The van der Waals surface area contributed by atoms with E-state index in [2.05, 4.69) is 15.9 Å². The van der Waals surface area contributed by atoms with E-state index in [-0.39, 0.29) is 16.9 Å². The third kappa shape index (κ3) is 5.86. The molecule has 1 amide bonds. The summed E-state index contributed by atoms with van der Waals surface area (Å²) in [6.45, 7) is 7.86. The summed E-state index contributed by atoms with van der Waals surface area (Å²) in [5.74, 6) is 0.705. The van der Waals surface area contributed by atoms with Crippen LogP contribution in [0.2, 0.25) is 0 Å². The number of ether oxygens (including phenoxy) is 1. The minimum atomic E-state index is -0.507. The number of piperazine rings is 1. The molecule has 0 atom stereocenters. The summed E-state index contributed by atoms with van der Waals surface area (Å²) in [6, 6.07) is 18.7. The molecule has 0 spiro atoms. The van der Waals surface area contributed by atoms with Gasteiger partial charge in [-0.1, -0.05) is 30.3 Å². The summed E-state index contributed by atoms with van der Waals surface area (Å²) in [7, 11) is 1.70. The normalized spacial score (nSPS) is 16.0. The maximum Gasteiger partial charge on any atom is 0.337 e. The predicted molar refractivity (Wildman–Crippen MR) is 172 cm³/mol. The van der Waals surface area contributed by atoms with Gasteiger partial charge in [-0.3, -0.25) is 19.1 Å². The number of aryl methyl sites for hydroxylation is 2. The van der Waals surface area contributed by atoms with E-state index >= 15 is 0 Å². The molecule has 0 aliphatic carbocycles. The second-order valence-electron chi connectivity index (χ2n) is 11.6. The molecule has 2 aliphatic rings. The number of pyridine rings is 1. The number of likely N-dealkylation sites (tertiary alicyclic amines) is 1. The molecule has 10 heteroatoms. The number of anilines is 1. The highest BCUT2D eigenvalue weighted by Gasteiger charge is 2.26. The van der Waals surface area contributed by atoms with Gasteiger partial charge in [-0.2, -0.15) is 0 Å². The lowest BCUT2D eigenvalue weighted by molar-refractivity contribution is 0.0726. The topological polar surface area (TPSA) is 92.9 Å². The monoisotopic (exact) mass is 596 g/mol. The summed E-state index contributed by atoms with van der Waals surface area (Å²) in [5, 5.41) is 0.208. The Hall–Kier alpha value is -4.44. The Balaban J connectivity index is 1.29. The third-order valence-electron chi connectivity index (χ3n) is 8.77. The lowest BCUT2D eigenvalue weighted by Crippen LogP contribution is -2.47. The summed E-state index contributed by atoms with van der Waals surface area (Å²) >= 11 is 0. The van der Waals surface area contributed by atoms with Crippen LogP contribution in [0.15, 0.2) is 70.3 Å². The Labute approximate surface area is 257 Å². The number of carbonyl (C=O) groups is 1. The first-order valence-corrected chi connectivity index (χ1v) is 15.6. The molecule has 2 saturated heterocycles. The van der Waals surface area contributed by atoms with Crippen LogP contribution in [0.4, 0.5) is 5.69 Å². The van der Waals surface area contributed by atoms with Crippen molar-refractivity contribution in [2.75, 3.05) is 57.8 Å². The lowest BCUT2D eigenvalue weighted by atomic mass is 10.1. The summed E-state index contributed by atoms with van der Waals surface area (Å²) in [4.78, 5) is 53.1. The Kier molecular flexibility index (Phi) is 8.79. The quantitative estimate of drug-likeness (QED) is 0.306. The van der Waals surface area contributed by atoms with Crippen LogP contribution >= 0.6 is 0 Å². The van der Waals surface area contributed by atoms with Crippen molar-refractivity contribution in [1.82, 2.24) is 23.9 Å². The second kappa shape index (κ2) is 13.1. The number of para-hydroxylation sites is 3. The fourth-order valence-corrected chi connectivity index (χ4v) is 6.47. The molecule has 0 radical (unpaired) electrons. The van der Waals surface area contributed by atoms with Gasteiger partial charge >= 0.3 is 5.69 Å². The molecule has 2 aromatic carbocycles. The number of amides is 1. The van der Waals surface area contributed by atoms with Crippen LogP contribution in [0.3, 0.4) is 0 Å². The van der Waals surface area contributed by atoms with Gasteiger partial charge in [0.25, 0.3) is 11.5 Å². The number of hydrogen-bond acceptors (Lipinski definition) is 7. The van der Waals surface area contributed by atoms with Crippen LogP contribution in [-0.4, -0.2) is 82.7 Å². The maximum atomic E-state index is 14.1. The molecule has 0 saturated carbocycles. The average molecular weight is 597 g/mol. The molecule has 230 valence electrons. The lowest BCUT2D eigenvalue weighted by Gasteiger charge is -2.36. The van der Waals surface area contributed by atoms with Crippen LogP contribution in [0, 0.1) is 6.92 Å². The van der Waals surface area contributed by atoms with Crippen LogP contribution in [0.25, 0.3) is 16.7 Å². The molecule has 10 nitrogen and oxygen atoms in total. The van der Waals surface area contributed by atoms with Gasteiger partial charge in [-0.05, 0) is 69.5 Å². The zero-order valence-electron chi connectivity index (χ0n) is 25.6. The molecular weight excluding hydrogens is 556 g/mol. The molecule has 4 aromatic rings. The van der Waals surface area contributed by atoms with Crippen molar-refractivity contribution in [3.05, 3.63) is 92.8 Å². The van der Waals surface area contributed by atoms with E-state index in [0.717, 1.165) is 63.4 Å². The number of nitrogens with zero attached hydrogens (tertiary/aromatic N) is 6. The van der Waals surface area contributed by atoms with E-state index in [1.807, 2.05) is 36.1 Å². The average Bonchev–Trinajstić information content (AvgIpc) is 3.06. The number of methoxy groups -OCH3 is 1. The van der Waals surface area contributed by atoms with E-state index in [1.54, 1.807) is 42.0 Å². The van der Waals surface area contributed by atoms with Crippen LogP contribution in [0.1, 0.15) is 41.7 Å². The maximum absolute atomic E-state index is 14.1. The predicted octanol–water partition coefficient (Wildman–Crippen LogP) is 3.70. The van der Waals surface area contributed by atoms with E-state index in [4.69, 9.17) is 9.72 Å². The standard InChI is InChI=1S/C34H40N6O4/c1-25-24-27(32(41)38-17-9-4-10-18-38)30-31(35-25)39(34(43)40(33(30)42)26-12-5-3-6-13-26)19-11-16-36-20-22-37(23-21-36)28-14-7-8-15-29(28)44-2/h3,5-8,12-15,24H,4,9-11,16-23H2,1-2H3. The largest absolute Gasteiger partial charge is 0.495 e. The van der Waals surface area contributed by atoms with Crippen molar-refractivity contribution in [2.24, 2.45) is 0 Å². The molecule has 2 aliphatic heterocycles. The highest BCUT2D eigenvalue weighted by molar-refractivity contribution is 6.05. The molecule has 6 rings (SSSR count). The SMILES string of the molecule is COc1ccccc1N1CCN(CCCn2c(=O)n(-c3ccccc3)c(=O)c3c(C(=O)N4CCCCC4)cc(C)nc32)CC1. The van der Waals surface area contributed by atoms with Crippen molar-refractivity contribution >= 4 is 22.6 Å². The van der Waals surface area contributed by atoms with E-state index in [0.29, 0.717) is 43.0 Å². The van der Waals surface area contributed by atoms with E-state index in [9.17, 15) is 14.4 Å². The van der Waals surface area contributed by atoms with Gasteiger partial charge in [0.05, 0.1) is 29.4 Å². The summed E-state index contributed by atoms with van der Waals surface area (Å²) < 4.78 is 8.34. The van der Waals surface area contributed by atoms with Crippen LogP contribution in [0.5, 0.6) is 5.75 Å². The molecule has 2 aromatic heterocycles. The smallest absolute Gasteiger partial charge is 0.337 e. The number of aromatic nitrogens is 3.